The minimum Gasteiger partial charge on any atom is -0.349 e. The zero-order valence-corrected chi connectivity index (χ0v) is 14.6. The number of nitrogens with one attached hydrogen (secondary N) is 1. The van der Waals surface area contributed by atoms with Gasteiger partial charge in [0.05, 0.1) is 10.9 Å². The van der Waals surface area contributed by atoms with Gasteiger partial charge >= 0.3 is 0 Å². The minimum absolute atomic E-state index is 0.00550. The van der Waals surface area contributed by atoms with Crippen LogP contribution in [0.3, 0.4) is 0 Å². The van der Waals surface area contributed by atoms with Crippen LogP contribution in [0, 0.1) is 0 Å². The average Bonchev–Trinajstić information content (AvgIpc) is 3.12. The van der Waals surface area contributed by atoms with Crippen molar-refractivity contribution in [3.8, 4) is 0 Å². The van der Waals surface area contributed by atoms with E-state index in [9.17, 15) is 4.79 Å². The lowest BCUT2D eigenvalue weighted by Crippen LogP contribution is -2.40. The normalized spacial score (nSPS) is 16.9. The molecule has 1 aliphatic heterocycles. The summed E-state index contributed by atoms with van der Waals surface area (Å²) in [5, 5.41) is 5.77. The molecule has 1 fully saturated rings. The van der Waals surface area contributed by atoms with Gasteiger partial charge in [-0.1, -0.05) is 42.3 Å². The van der Waals surface area contributed by atoms with E-state index in [0.29, 0.717) is 6.54 Å². The van der Waals surface area contributed by atoms with Crippen LogP contribution in [0.1, 0.15) is 40.5 Å². The van der Waals surface area contributed by atoms with Crippen LogP contribution in [0.2, 0.25) is 5.02 Å². The van der Waals surface area contributed by atoms with Gasteiger partial charge in [-0.15, -0.1) is 11.3 Å². The highest BCUT2D eigenvalue weighted by molar-refractivity contribution is 7.12. The molecule has 1 saturated heterocycles. The smallest absolute Gasteiger partial charge is 0.261 e. The van der Waals surface area contributed by atoms with Gasteiger partial charge in [0.1, 0.15) is 0 Å². The lowest BCUT2D eigenvalue weighted by Gasteiger charge is -2.35. The van der Waals surface area contributed by atoms with E-state index >= 15 is 0 Å². The molecule has 3 rings (SSSR count). The number of piperidine rings is 1. The molecular formula is C18H21ClN2OS. The Morgan fingerprint density at radius 3 is 2.65 bits per heavy atom. The highest BCUT2D eigenvalue weighted by atomic mass is 35.5. The van der Waals surface area contributed by atoms with Gasteiger partial charge in [0.25, 0.3) is 5.91 Å². The number of carbonyl (C=O) groups excluding carboxylic acids is 1. The summed E-state index contributed by atoms with van der Waals surface area (Å²) >= 11 is 7.88. The maximum atomic E-state index is 12.3. The van der Waals surface area contributed by atoms with E-state index < -0.39 is 0 Å². The maximum absolute atomic E-state index is 12.3. The van der Waals surface area contributed by atoms with Gasteiger partial charge in [-0.3, -0.25) is 9.69 Å². The summed E-state index contributed by atoms with van der Waals surface area (Å²) in [7, 11) is 0. The Morgan fingerprint density at radius 2 is 1.96 bits per heavy atom. The van der Waals surface area contributed by atoms with Gasteiger partial charge in [-0.25, -0.2) is 0 Å². The number of hydrogen-bond acceptors (Lipinski definition) is 3. The van der Waals surface area contributed by atoms with Gasteiger partial charge in [0.15, 0.2) is 0 Å². The molecule has 3 nitrogen and oxygen atoms in total. The zero-order valence-electron chi connectivity index (χ0n) is 13.0. The van der Waals surface area contributed by atoms with Gasteiger partial charge in [-0.2, -0.15) is 0 Å². The second kappa shape index (κ2) is 7.95. The number of hydrogen-bond donors (Lipinski definition) is 1. The number of thiophene rings is 1. The lowest BCUT2D eigenvalue weighted by molar-refractivity contribution is 0.0928. The second-order valence-electron chi connectivity index (χ2n) is 5.82. The number of benzene rings is 1. The Kier molecular flexibility index (Phi) is 5.70. The number of amides is 1. The molecule has 2 heterocycles. The average molecular weight is 349 g/mol. The number of likely N-dealkylation sites (tertiary alicyclic amines) is 1. The first-order valence-electron chi connectivity index (χ1n) is 8.06. The van der Waals surface area contributed by atoms with Crippen molar-refractivity contribution in [3.05, 3.63) is 57.2 Å². The molecule has 1 aromatic heterocycles. The standard InChI is InChI=1S/C18H21ClN2OS/c19-15-8-3-2-7-14(15)16(21-10-4-1-5-11-21)13-20-18(22)17-9-6-12-23-17/h2-3,6-9,12,16H,1,4-5,10-11,13H2,(H,20,22). The van der Waals surface area contributed by atoms with Gasteiger partial charge in [0.2, 0.25) is 0 Å². The molecule has 1 atom stereocenters. The maximum Gasteiger partial charge on any atom is 0.261 e. The number of carbonyl (C=O) groups is 1. The van der Waals surface area contributed by atoms with E-state index in [2.05, 4.69) is 16.3 Å². The molecule has 1 aliphatic rings. The van der Waals surface area contributed by atoms with Crippen LogP contribution in [0.5, 0.6) is 0 Å². The highest BCUT2D eigenvalue weighted by Gasteiger charge is 2.24. The Bertz CT molecular complexity index is 638. The zero-order chi connectivity index (χ0) is 16.1. The predicted octanol–water partition coefficient (Wildman–Crippen LogP) is 4.36. The first-order valence-corrected chi connectivity index (χ1v) is 9.31. The van der Waals surface area contributed by atoms with Crippen LogP contribution < -0.4 is 5.32 Å². The van der Waals surface area contributed by atoms with Crippen LogP contribution in [0.15, 0.2) is 41.8 Å². The third-order valence-corrected chi connectivity index (χ3v) is 5.51. The lowest BCUT2D eigenvalue weighted by atomic mass is 10.0. The molecule has 23 heavy (non-hydrogen) atoms. The molecule has 1 aromatic carbocycles. The second-order valence-corrected chi connectivity index (χ2v) is 7.18. The van der Waals surface area contributed by atoms with Gasteiger partial charge < -0.3 is 5.32 Å². The van der Waals surface area contributed by atoms with Crippen molar-refractivity contribution in [2.75, 3.05) is 19.6 Å². The third kappa shape index (κ3) is 4.14. The van der Waals surface area contributed by atoms with Crippen molar-refractivity contribution in [3.63, 3.8) is 0 Å². The van der Waals surface area contributed by atoms with Crippen molar-refractivity contribution in [2.24, 2.45) is 0 Å². The first-order chi connectivity index (χ1) is 11.3. The molecule has 1 N–H and O–H groups in total. The van der Waals surface area contributed by atoms with Crippen LogP contribution >= 0.6 is 22.9 Å². The van der Waals surface area contributed by atoms with Crippen molar-refractivity contribution in [2.45, 2.75) is 25.3 Å². The van der Waals surface area contributed by atoms with Crippen molar-refractivity contribution >= 4 is 28.8 Å². The third-order valence-electron chi connectivity index (χ3n) is 4.30. The quantitative estimate of drug-likeness (QED) is 0.870. The minimum atomic E-state index is -0.00550. The van der Waals surface area contributed by atoms with E-state index in [0.717, 1.165) is 28.6 Å². The summed E-state index contributed by atoms with van der Waals surface area (Å²) in [6.07, 6.45) is 3.70. The number of rotatable bonds is 5. The topological polar surface area (TPSA) is 32.3 Å². The highest BCUT2D eigenvalue weighted by Crippen LogP contribution is 2.29. The Labute approximate surface area is 146 Å². The predicted molar refractivity (Wildman–Crippen MR) is 96.3 cm³/mol. The summed E-state index contributed by atoms with van der Waals surface area (Å²) in [5.74, 6) is -0.00550. The van der Waals surface area contributed by atoms with Crippen LogP contribution in [0.25, 0.3) is 0 Å². The first kappa shape index (κ1) is 16.5. The molecule has 0 bridgehead atoms. The summed E-state index contributed by atoms with van der Waals surface area (Å²) < 4.78 is 0. The Hall–Kier alpha value is -1.36. The van der Waals surface area contributed by atoms with E-state index in [1.807, 2.05) is 35.7 Å². The Morgan fingerprint density at radius 1 is 1.17 bits per heavy atom. The van der Waals surface area contributed by atoms with E-state index in [-0.39, 0.29) is 11.9 Å². The molecule has 0 saturated carbocycles. The molecule has 5 heteroatoms. The summed E-state index contributed by atoms with van der Waals surface area (Å²) in [6.45, 7) is 2.70. The Balaban J connectivity index is 1.75. The SMILES string of the molecule is O=C(NCC(c1ccccc1Cl)N1CCCCC1)c1cccs1. The van der Waals surface area contributed by atoms with E-state index in [1.54, 1.807) is 0 Å². The monoisotopic (exact) mass is 348 g/mol. The molecule has 0 spiro atoms. The van der Waals surface area contributed by atoms with Crippen LogP contribution in [-0.4, -0.2) is 30.4 Å². The number of nitrogens with zero attached hydrogens (tertiary/aromatic N) is 1. The van der Waals surface area contributed by atoms with E-state index in [4.69, 9.17) is 11.6 Å². The fourth-order valence-electron chi connectivity index (χ4n) is 3.10. The van der Waals surface area contributed by atoms with Gasteiger partial charge in [0, 0.05) is 11.6 Å². The number of halogens is 1. The fourth-order valence-corrected chi connectivity index (χ4v) is 4.00. The molecular weight excluding hydrogens is 328 g/mol. The van der Waals surface area contributed by atoms with Gasteiger partial charge in [-0.05, 0) is 49.0 Å². The molecule has 1 unspecified atom stereocenters. The summed E-state index contributed by atoms with van der Waals surface area (Å²) in [6, 6.07) is 11.8. The molecule has 0 aliphatic carbocycles. The van der Waals surface area contributed by atoms with E-state index in [1.165, 1.54) is 30.6 Å². The fraction of sp³-hybridized carbons (Fsp3) is 0.389. The molecule has 0 radical (unpaired) electrons. The van der Waals surface area contributed by atoms with Crippen molar-refractivity contribution < 1.29 is 4.79 Å². The summed E-state index contributed by atoms with van der Waals surface area (Å²) in [5.41, 5.74) is 1.10. The van der Waals surface area contributed by atoms with Crippen molar-refractivity contribution in [1.29, 1.82) is 0 Å². The molecule has 1 amide bonds. The molecule has 122 valence electrons. The van der Waals surface area contributed by atoms with Crippen LogP contribution in [0.4, 0.5) is 0 Å². The van der Waals surface area contributed by atoms with Crippen molar-refractivity contribution in [1.82, 2.24) is 10.2 Å². The molecule has 2 aromatic rings. The van der Waals surface area contributed by atoms with Crippen LogP contribution in [-0.2, 0) is 0 Å². The largest absolute Gasteiger partial charge is 0.349 e. The summed E-state index contributed by atoms with van der Waals surface area (Å²) in [4.78, 5) is 15.5.